The van der Waals surface area contributed by atoms with Crippen LogP contribution in [-0.2, 0) is 28.3 Å². The molecule has 0 aliphatic carbocycles. The maximum Gasteiger partial charge on any atom is 0.243 e. The van der Waals surface area contributed by atoms with Gasteiger partial charge in [0.25, 0.3) is 0 Å². The molecule has 0 saturated heterocycles. The fourth-order valence-electron chi connectivity index (χ4n) is 4.27. The van der Waals surface area contributed by atoms with Crippen LogP contribution in [-0.4, -0.2) is 34.6 Å². The van der Waals surface area contributed by atoms with Crippen LogP contribution in [0.4, 0.5) is 4.39 Å². The SMILES string of the molecule is CC[C@@H](C)NC(=O)[C@H](Cc1ccccc1)N(Cc1ccc(F)cc1)C(=O)CSCc1cc(C)cc(C)c1. The predicted octanol–water partition coefficient (Wildman–Crippen LogP) is 6.23. The number of benzene rings is 3. The lowest BCUT2D eigenvalue weighted by atomic mass is 10.0. The highest BCUT2D eigenvalue weighted by atomic mass is 32.2. The Bertz CT molecular complexity index is 1150. The van der Waals surface area contributed by atoms with Crippen LogP contribution in [0.5, 0.6) is 0 Å². The second kappa shape index (κ2) is 14.0. The molecule has 0 aliphatic rings. The van der Waals surface area contributed by atoms with E-state index in [1.165, 1.54) is 28.8 Å². The van der Waals surface area contributed by atoms with Crippen molar-refractivity contribution in [1.29, 1.82) is 0 Å². The number of thioether (sulfide) groups is 1. The number of amides is 2. The highest BCUT2D eigenvalue weighted by Crippen LogP contribution is 2.20. The zero-order valence-corrected chi connectivity index (χ0v) is 23.0. The molecule has 0 radical (unpaired) electrons. The zero-order valence-electron chi connectivity index (χ0n) is 22.2. The van der Waals surface area contributed by atoms with Crippen molar-refractivity contribution in [3.8, 4) is 0 Å². The molecule has 0 bridgehead atoms. The molecule has 4 nitrogen and oxygen atoms in total. The van der Waals surface area contributed by atoms with E-state index in [-0.39, 0.29) is 36.0 Å². The average molecular weight is 521 g/mol. The van der Waals surface area contributed by atoms with Gasteiger partial charge in [0, 0.05) is 24.8 Å². The fourth-order valence-corrected chi connectivity index (χ4v) is 5.12. The molecule has 0 aliphatic heterocycles. The molecular formula is C31H37FN2O2S. The summed E-state index contributed by atoms with van der Waals surface area (Å²) in [6.45, 7) is 8.35. The lowest BCUT2D eigenvalue weighted by Gasteiger charge is -2.32. The van der Waals surface area contributed by atoms with Crippen LogP contribution in [0.3, 0.4) is 0 Å². The normalized spacial score (nSPS) is 12.6. The van der Waals surface area contributed by atoms with Crippen LogP contribution in [0.25, 0.3) is 0 Å². The van der Waals surface area contributed by atoms with Gasteiger partial charge >= 0.3 is 0 Å². The third-order valence-corrected chi connectivity index (χ3v) is 7.30. The Balaban J connectivity index is 1.85. The first kappa shape index (κ1) is 28.5. The molecule has 0 unspecified atom stereocenters. The summed E-state index contributed by atoms with van der Waals surface area (Å²) in [4.78, 5) is 28.8. The standard InChI is InChI=1S/C31H37FN2O2S/c1-5-24(4)33-31(36)29(18-25-9-7-6-8-10-25)34(19-26-11-13-28(32)14-12-26)30(35)21-37-20-27-16-22(2)15-23(3)17-27/h6-17,24,29H,5,18-21H2,1-4H3,(H,33,36)/t24-,29+/m1/s1. The number of rotatable bonds is 12. The summed E-state index contributed by atoms with van der Waals surface area (Å²) in [6, 6.07) is 21.6. The van der Waals surface area contributed by atoms with Crippen molar-refractivity contribution in [2.24, 2.45) is 0 Å². The first-order valence-corrected chi connectivity index (χ1v) is 13.9. The van der Waals surface area contributed by atoms with Crippen molar-refractivity contribution in [1.82, 2.24) is 10.2 Å². The van der Waals surface area contributed by atoms with Gasteiger partial charge in [0.1, 0.15) is 11.9 Å². The molecule has 2 amide bonds. The van der Waals surface area contributed by atoms with E-state index in [9.17, 15) is 14.0 Å². The Hall–Kier alpha value is -3.12. The summed E-state index contributed by atoms with van der Waals surface area (Å²) < 4.78 is 13.6. The van der Waals surface area contributed by atoms with Gasteiger partial charge in [-0.2, -0.15) is 0 Å². The molecule has 2 atom stereocenters. The molecule has 3 rings (SSSR count). The first-order valence-electron chi connectivity index (χ1n) is 12.8. The minimum absolute atomic E-state index is 0.00696. The van der Waals surface area contributed by atoms with Crippen LogP contribution < -0.4 is 5.32 Å². The van der Waals surface area contributed by atoms with Crippen molar-refractivity contribution in [3.63, 3.8) is 0 Å². The van der Waals surface area contributed by atoms with Crippen molar-refractivity contribution < 1.29 is 14.0 Å². The summed E-state index contributed by atoms with van der Waals surface area (Å²) in [6.07, 6.45) is 1.19. The van der Waals surface area contributed by atoms with Gasteiger partial charge in [-0.3, -0.25) is 9.59 Å². The van der Waals surface area contributed by atoms with E-state index >= 15 is 0 Å². The molecule has 3 aromatic carbocycles. The topological polar surface area (TPSA) is 49.4 Å². The Morgan fingerprint density at radius 3 is 2.19 bits per heavy atom. The quantitative estimate of drug-likeness (QED) is 0.308. The third-order valence-electron chi connectivity index (χ3n) is 6.31. The molecule has 0 fully saturated rings. The number of halogens is 1. The van der Waals surface area contributed by atoms with Gasteiger partial charge in [-0.15, -0.1) is 11.8 Å². The second-order valence-corrected chi connectivity index (χ2v) is 10.6. The third kappa shape index (κ3) is 9.04. The smallest absolute Gasteiger partial charge is 0.243 e. The van der Waals surface area contributed by atoms with Gasteiger partial charge in [0.15, 0.2) is 0 Å². The minimum Gasteiger partial charge on any atom is -0.352 e. The number of nitrogens with zero attached hydrogens (tertiary/aromatic N) is 1. The lowest BCUT2D eigenvalue weighted by Crippen LogP contribution is -2.52. The van der Waals surface area contributed by atoms with Crippen molar-refractivity contribution >= 4 is 23.6 Å². The summed E-state index contributed by atoms with van der Waals surface area (Å²) in [5, 5.41) is 3.07. The summed E-state index contributed by atoms with van der Waals surface area (Å²) in [5.41, 5.74) is 5.33. The monoisotopic (exact) mass is 520 g/mol. The molecule has 0 saturated carbocycles. The van der Waals surface area contributed by atoms with Gasteiger partial charge in [-0.25, -0.2) is 4.39 Å². The zero-order chi connectivity index (χ0) is 26.8. The van der Waals surface area contributed by atoms with Crippen molar-refractivity contribution in [3.05, 3.63) is 106 Å². The summed E-state index contributed by atoms with van der Waals surface area (Å²) in [7, 11) is 0. The molecule has 6 heteroatoms. The van der Waals surface area contributed by atoms with Gasteiger partial charge in [-0.1, -0.05) is 78.7 Å². The largest absolute Gasteiger partial charge is 0.352 e. The van der Waals surface area contributed by atoms with Crippen LogP contribution in [0.15, 0.2) is 72.8 Å². The number of hydrogen-bond donors (Lipinski definition) is 1. The molecule has 1 N–H and O–H groups in total. The van der Waals surface area contributed by atoms with Crippen LogP contribution >= 0.6 is 11.8 Å². The van der Waals surface area contributed by atoms with Crippen molar-refractivity contribution in [2.75, 3.05) is 5.75 Å². The highest BCUT2D eigenvalue weighted by molar-refractivity contribution is 7.99. The fraction of sp³-hybridized carbons (Fsp3) is 0.355. The molecular weight excluding hydrogens is 483 g/mol. The Labute approximate surface area is 224 Å². The van der Waals surface area contributed by atoms with Gasteiger partial charge in [0.05, 0.1) is 5.75 Å². The molecule has 196 valence electrons. The Morgan fingerprint density at radius 2 is 1.57 bits per heavy atom. The number of aryl methyl sites for hydroxylation is 2. The second-order valence-electron chi connectivity index (χ2n) is 9.66. The minimum atomic E-state index is -0.684. The average Bonchev–Trinajstić information content (AvgIpc) is 2.87. The van der Waals surface area contributed by atoms with Gasteiger partial charge in [-0.05, 0) is 56.0 Å². The van der Waals surface area contributed by atoms with E-state index < -0.39 is 6.04 Å². The number of nitrogens with one attached hydrogen (secondary N) is 1. The van der Waals surface area contributed by atoms with Crippen LogP contribution in [0.2, 0.25) is 0 Å². The van der Waals surface area contributed by atoms with Gasteiger partial charge < -0.3 is 10.2 Å². The first-order chi connectivity index (χ1) is 17.7. The Morgan fingerprint density at radius 1 is 0.919 bits per heavy atom. The number of carbonyl (C=O) groups is 2. The van der Waals surface area contributed by atoms with E-state index in [2.05, 4.69) is 37.4 Å². The number of carbonyl (C=O) groups excluding carboxylic acids is 2. The van der Waals surface area contributed by atoms with Crippen LogP contribution in [0.1, 0.15) is 48.1 Å². The molecule has 37 heavy (non-hydrogen) atoms. The van der Waals surface area contributed by atoms with E-state index in [1.807, 2.05) is 44.2 Å². The number of hydrogen-bond acceptors (Lipinski definition) is 3. The Kier molecular flexibility index (Phi) is 10.8. The van der Waals surface area contributed by atoms with Crippen LogP contribution in [0, 0.1) is 19.7 Å². The summed E-state index contributed by atoms with van der Waals surface area (Å²) in [5.74, 6) is 0.338. The molecule has 0 aromatic heterocycles. The highest BCUT2D eigenvalue weighted by Gasteiger charge is 2.30. The van der Waals surface area contributed by atoms with E-state index in [0.29, 0.717) is 12.2 Å². The van der Waals surface area contributed by atoms with Crippen molar-refractivity contribution in [2.45, 2.75) is 64.9 Å². The molecule has 0 spiro atoms. The lowest BCUT2D eigenvalue weighted by molar-refractivity contribution is -0.139. The maximum absolute atomic E-state index is 13.7. The van der Waals surface area contributed by atoms with E-state index in [0.717, 1.165) is 17.5 Å². The predicted molar refractivity (Wildman–Crippen MR) is 151 cm³/mol. The van der Waals surface area contributed by atoms with E-state index in [1.54, 1.807) is 28.8 Å². The van der Waals surface area contributed by atoms with E-state index in [4.69, 9.17) is 0 Å². The molecule has 0 heterocycles. The molecule has 3 aromatic rings. The maximum atomic E-state index is 13.7. The van der Waals surface area contributed by atoms with Gasteiger partial charge in [0.2, 0.25) is 11.8 Å². The summed E-state index contributed by atoms with van der Waals surface area (Å²) >= 11 is 1.54.